The molecule has 2 aromatic carbocycles. The zero-order valence-corrected chi connectivity index (χ0v) is 16.4. The van der Waals surface area contributed by atoms with Crippen molar-refractivity contribution in [3.8, 4) is 11.1 Å². The van der Waals surface area contributed by atoms with Gasteiger partial charge >= 0.3 is 6.09 Å². The molecule has 3 rings (SSSR count). The van der Waals surface area contributed by atoms with Gasteiger partial charge < -0.3 is 14.7 Å². The molecule has 0 spiro atoms. The van der Waals surface area contributed by atoms with E-state index in [4.69, 9.17) is 4.74 Å². The third kappa shape index (κ3) is 4.89. The standard InChI is InChI=1S/C20H24N2O5S/c1-27-14-28(25,26)21-18-10-11-22(20(23)24)19(18)13-15-6-5-9-17(12-15)16-7-3-2-4-8-16/h2-9,12,18-19,21H,10-11,13-14H2,1H3,(H,23,24)/t18-,19-/m0/s1. The summed E-state index contributed by atoms with van der Waals surface area (Å²) in [5.41, 5.74) is 3.06. The molecule has 28 heavy (non-hydrogen) atoms. The smallest absolute Gasteiger partial charge is 0.407 e. The van der Waals surface area contributed by atoms with Gasteiger partial charge in [0.25, 0.3) is 0 Å². The van der Waals surface area contributed by atoms with E-state index in [1.54, 1.807) is 0 Å². The average Bonchev–Trinajstić information content (AvgIpc) is 3.04. The first kappa shape index (κ1) is 20.3. The number of carbonyl (C=O) groups is 1. The summed E-state index contributed by atoms with van der Waals surface area (Å²) in [4.78, 5) is 13.0. The quantitative estimate of drug-likeness (QED) is 0.739. The number of nitrogens with one attached hydrogen (secondary N) is 1. The van der Waals surface area contributed by atoms with Gasteiger partial charge in [-0.25, -0.2) is 17.9 Å². The lowest BCUT2D eigenvalue weighted by atomic mass is 9.97. The van der Waals surface area contributed by atoms with Crippen LogP contribution in [-0.4, -0.2) is 56.2 Å². The average molecular weight is 404 g/mol. The van der Waals surface area contributed by atoms with Crippen molar-refractivity contribution in [1.82, 2.24) is 9.62 Å². The monoisotopic (exact) mass is 404 g/mol. The molecule has 2 aromatic rings. The second-order valence-corrected chi connectivity index (χ2v) is 8.55. The van der Waals surface area contributed by atoms with Crippen LogP contribution in [0.4, 0.5) is 4.79 Å². The van der Waals surface area contributed by atoms with Crippen LogP contribution in [0.15, 0.2) is 54.6 Å². The summed E-state index contributed by atoms with van der Waals surface area (Å²) in [6.45, 7) is 0.290. The minimum atomic E-state index is -3.63. The predicted molar refractivity (Wildman–Crippen MR) is 106 cm³/mol. The second kappa shape index (κ2) is 8.72. The first-order valence-electron chi connectivity index (χ1n) is 9.02. The van der Waals surface area contributed by atoms with Gasteiger partial charge in [0, 0.05) is 19.7 Å². The topological polar surface area (TPSA) is 95.9 Å². The number of hydrogen-bond donors (Lipinski definition) is 2. The molecule has 2 N–H and O–H groups in total. The van der Waals surface area contributed by atoms with Crippen molar-refractivity contribution >= 4 is 16.1 Å². The highest BCUT2D eigenvalue weighted by Crippen LogP contribution is 2.26. The Morgan fingerprint density at radius 1 is 1.18 bits per heavy atom. The number of likely N-dealkylation sites (tertiary alicyclic amines) is 1. The molecular weight excluding hydrogens is 380 g/mol. The molecular formula is C20H24N2O5S. The molecule has 1 amide bonds. The van der Waals surface area contributed by atoms with E-state index >= 15 is 0 Å². The third-order valence-corrected chi connectivity index (χ3v) is 6.08. The van der Waals surface area contributed by atoms with Gasteiger partial charge in [0.1, 0.15) is 0 Å². The molecule has 150 valence electrons. The van der Waals surface area contributed by atoms with Crippen LogP contribution in [0.1, 0.15) is 12.0 Å². The number of hydrogen-bond acceptors (Lipinski definition) is 4. The largest absolute Gasteiger partial charge is 0.465 e. The van der Waals surface area contributed by atoms with E-state index in [0.717, 1.165) is 16.7 Å². The van der Waals surface area contributed by atoms with Gasteiger partial charge in [0.2, 0.25) is 10.0 Å². The Labute approximate surface area is 165 Å². The fraction of sp³-hybridized carbons (Fsp3) is 0.350. The molecule has 1 saturated heterocycles. The van der Waals surface area contributed by atoms with Crippen molar-refractivity contribution in [2.45, 2.75) is 24.9 Å². The summed E-state index contributed by atoms with van der Waals surface area (Å²) < 4.78 is 31.5. The van der Waals surface area contributed by atoms with E-state index in [1.807, 2.05) is 54.6 Å². The van der Waals surface area contributed by atoms with Gasteiger partial charge in [-0.1, -0.05) is 54.6 Å². The van der Waals surface area contributed by atoms with Gasteiger partial charge in [-0.2, -0.15) is 0 Å². The lowest BCUT2D eigenvalue weighted by Crippen LogP contribution is -2.48. The van der Waals surface area contributed by atoms with Gasteiger partial charge in [0.15, 0.2) is 5.94 Å². The van der Waals surface area contributed by atoms with E-state index in [9.17, 15) is 18.3 Å². The maximum Gasteiger partial charge on any atom is 0.407 e. The summed E-state index contributed by atoms with van der Waals surface area (Å²) >= 11 is 0. The minimum Gasteiger partial charge on any atom is -0.465 e. The molecule has 0 saturated carbocycles. The molecule has 2 atom stereocenters. The summed E-state index contributed by atoms with van der Waals surface area (Å²) in [7, 11) is -2.32. The summed E-state index contributed by atoms with van der Waals surface area (Å²) in [6, 6.07) is 16.8. The Morgan fingerprint density at radius 2 is 1.89 bits per heavy atom. The van der Waals surface area contributed by atoms with Crippen molar-refractivity contribution in [2.75, 3.05) is 19.6 Å². The third-order valence-electron chi connectivity index (χ3n) is 4.87. The van der Waals surface area contributed by atoms with Gasteiger partial charge in [-0.15, -0.1) is 0 Å². The molecule has 7 nitrogen and oxygen atoms in total. The number of amides is 1. The molecule has 1 heterocycles. The predicted octanol–water partition coefficient (Wildman–Crippen LogP) is 2.54. The Kier molecular flexibility index (Phi) is 6.33. The van der Waals surface area contributed by atoms with Crippen LogP contribution in [0, 0.1) is 0 Å². The van der Waals surface area contributed by atoms with E-state index < -0.39 is 34.1 Å². The highest BCUT2D eigenvalue weighted by atomic mass is 32.2. The molecule has 0 aromatic heterocycles. The molecule has 1 aliphatic heterocycles. The number of carboxylic acid groups (broad SMARTS) is 1. The number of sulfonamides is 1. The lowest BCUT2D eigenvalue weighted by molar-refractivity contribution is 0.137. The first-order valence-corrected chi connectivity index (χ1v) is 10.7. The second-order valence-electron chi connectivity index (χ2n) is 6.85. The molecule has 0 bridgehead atoms. The normalized spacial score (nSPS) is 19.7. The molecule has 8 heteroatoms. The Hall–Kier alpha value is -2.42. The fourth-order valence-electron chi connectivity index (χ4n) is 3.65. The van der Waals surface area contributed by atoms with Crippen LogP contribution in [-0.2, 0) is 21.2 Å². The van der Waals surface area contributed by atoms with Crippen LogP contribution >= 0.6 is 0 Å². The van der Waals surface area contributed by atoms with Crippen molar-refractivity contribution in [1.29, 1.82) is 0 Å². The number of methoxy groups -OCH3 is 1. The maximum absolute atomic E-state index is 12.1. The van der Waals surface area contributed by atoms with Crippen LogP contribution < -0.4 is 4.72 Å². The molecule has 0 aliphatic carbocycles. The number of ether oxygens (including phenoxy) is 1. The first-order chi connectivity index (χ1) is 13.4. The molecule has 1 fully saturated rings. The van der Waals surface area contributed by atoms with Crippen LogP contribution in [0.3, 0.4) is 0 Å². The zero-order chi connectivity index (χ0) is 20.1. The lowest BCUT2D eigenvalue weighted by Gasteiger charge is -2.26. The number of nitrogens with zero attached hydrogens (tertiary/aromatic N) is 1. The van der Waals surface area contributed by atoms with Gasteiger partial charge in [0.05, 0.1) is 6.04 Å². The van der Waals surface area contributed by atoms with E-state index in [0.29, 0.717) is 19.4 Å². The van der Waals surface area contributed by atoms with Crippen LogP contribution in [0.5, 0.6) is 0 Å². The van der Waals surface area contributed by atoms with Gasteiger partial charge in [-0.05, 0) is 29.5 Å². The van der Waals surface area contributed by atoms with Crippen LogP contribution in [0.2, 0.25) is 0 Å². The molecule has 1 aliphatic rings. The summed E-state index contributed by atoms with van der Waals surface area (Å²) in [5.74, 6) is -0.452. The van der Waals surface area contributed by atoms with Crippen molar-refractivity contribution in [3.63, 3.8) is 0 Å². The highest BCUT2D eigenvalue weighted by Gasteiger charge is 2.39. The zero-order valence-electron chi connectivity index (χ0n) is 15.6. The molecule has 0 radical (unpaired) electrons. The Balaban J connectivity index is 1.83. The van der Waals surface area contributed by atoms with Crippen LogP contribution in [0.25, 0.3) is 11.1 Å². The maximum atomic E-state index is 12.1. The minimum absolute atomic E-state index is 0.290. The summed E-state index contributed by atoms with van der Waals surface area (Å²) in [6.07, 6.45) is -0.191. The number of benzene rings is 2. The SMILES string of the molecule is COCS(=O)(=O)N[C@H]1CCN(C(=O)O)[C@H]1Cc1cccc(-c2ccccc2)c1. The van der Waals surface area contributed by atoms with Crippen molar-refractivity contribution < 1.29 is 23.1 Å². The fourth-order valence-corrected chi connectivity index (χ4v) is 4.77. The van der Waals surface area contributed by atoms with Crippen molar-refractivity contribution in [3.05, 3.63) is 60.2 Å². The number of rotatable bonds is 7. The molecule has 0 unspecified atom stereocenters. The van der Waals surface area contributed by atoms with Gasteiger partial charge in [-0.3, -0.25) is 0 Å². The Bertz CT molecular complexity index is 917. The van der Waals surface area contributed by atoms with E-state index in [2.05, 4.69) is 4.72 Å². The van der Waals surface area contributed by atoms with E-state index in [1.165, 1.54) is 12.0 Å². The Morgan fingerprint density at radius 3 is 2.57 bits per heavy atom. The van der Waals surface area contributed by atoms with E-state index in [-0.39, 0.29) is 0 Å². The summed E-state index contributed by atoms with van der Waals surface area (Å²) in [5, 5.41) is 9.54. The van der Waals surface area contributed by atoms with Crippen molar-refractivity contribution in [2.24, 2.45) is 0 Å². The highest BCUT2D eigenvalue weighted by molar-refractivity contribution is 7.89.